The first-order valence-electron chi connectivity index (χ1n) is 5.25. The van der Waals surface area contributed by atoms with Crippen molar-refractivity contribution < 1.29 is 18.7 Å². The van der Waals surface area contributed by atoms with Gasteiger partial charge in [0, 0.05) is 17.7 Å². The van der Waals surface area contributed by atoms with E-state index >= 15 is 0 Å². The fourth-order valence-corrected chi connectivity index (χ4v) is 1.37. The van der Waals surface area contributed by atoms with Gasteiger partial charge in [-0.1, -0.05) is 6.07 Å². The Balaban J connectivity index is 2.81. The van der Waals surface area contributed by atoms with Crippen molar-refractivity contribution in [3.8, 4) is 5.75 Å². The minimum atomic E-state index is -0.777. The predicted molar refractivity (Wildman–Crippen MR) is 61.1 cm³/mol. The van der Waals surface area contributed by atoms with Gasteiger partial charge >= 0.3 is 5.97 Å². The molecule has 0 aliphatic rings. The number of ether oxygens (including phenoxy) is 2. The molecule has 2 N–H and O–H groups in total. The van der Waals surface area contributed by atoms with E-state index in [1.165, 1.54) is 20.1 Å². The van der Waals surface area contributed by atoms with Gasteiger partial charge in [-0.15, -0.1) is 0 Å². The second-order valence-electron chi connectivity index (χ2n) is 3.76. The molecule has 2 atom stereocenters. The summed E-state index contributed by atoms with van der Waals surface area (Å²) < 4.78 is 23.3. The van der Waals surface area contributed by atoms with Crippen molar-refractivity contribution in [2.45, 2.75) is 26.0 Å². The van der Waals surface area contributed by atoms with Gasteiger partial charge in [0.15, 0.2) is 6.10 Å². The molecule has 1 rings (SSSR count). The van der Waals surface area contributed by atoms with Crippen LogP contribution in [0.4, 0.5) is 4.39 Å². The fourth-order valence-electron chi connectivity index (χ4n) is 1.37. The van der Waals surface area contributed by atoms with E-state index in [1.807, 2.05) is 0 Å². The van der Waals surface area contributed by atoms with Gasteiger partial charge < -0.3 is 15.2 Å². The summed E-state index contributed by atoms with van der Waals surface area (Å²) in [5.74, 6) is -0.693. The van der Waals surface area contributed by atoms with E-state index in [4.69, 9.17) is 10.5 Å². The molecular formula is C12H16FNO3. The lowest BCUT2D eigenvalue weighted by Gasteiger charge is -2.14. The van der Waals surface area contributed by atoms with Gasteiger partial charge in [0.1, 0.15) is 11.6 Å². The number of nitrogens with two attached hydrogens (primary N) is 1. The number of hydrogen-bond donors (Lipinski definition) is 1. The molecule has 0 saturated carbocycles. The summed E-state index contributed by atoms with van der Waals surface area (Å²) in [5, 5.41) is 0. The number of carbonyl (C=O) groups is 1. The molecule has 0 heterocycles. The third kappa shape index (κ3) is 3.42. The number of halogens is 1. The maximum atomic E-state index is 13.6. The van der Waals surface area contributed by atoms with Gasteiger partial charge in [0.25, 0.3) is 0 Å². The van der Waals surface area contributed by atoms with Crippen LogP contribution in [0.2, 0.25) is 0 Å². The lowest BCUT2D eigenvalue weighted by atomic mass is 10.1. The number of benzene rings is 1. The topological polar surface area (TPSA) is 61.5 Å². The second kappa shape index (κ2) is 5.63. The van der Waals surface area contributed by atoms with Crippen LogP contribution in [0.25, 0.3) is 0 Å². The van der Waals surface area contributed by atoms with E-state index in [0.717, 1.165) is 0 Å². The van der Waals surface area contributed by atoms with Gasteiger partial charge in [0.2, 0.25) is 0 Å². The Labute approximate surface area is 99.5 Å². The Kier molecular flexibility index (Phi) is 4.45. The molecule has 1 aromatic carbocycles. The van der Waals surface area contributed by atoms with Crippen LogP contribution in [0.3, 0.4) is 0 Å². The van der Waals surface area contributed by atoms with Gasteiger partial charge in [-0.05, 0) is 19.9 Å². The van der Waals surface area contributed by atoms with Crippen LogP contribution in [-0.2, 0) is 9.53 Å². The van der Waals surface area contributed by atoms with Crippen LogP contribution in [0.1, 0.15) is 25.5 Å². The predicted octanol–water partition coefficient (Wildman–Crippen LogP) is 1.79. The summed E-state index contributed by atoms with van der Waals surface area (Å²) in [4.78, 5) is 11.1. The van der Waals surface area contributed by atoms with Gasteiger partial charge in [-0.2, -0.15) is 0 Å². The number of esters is 1. The fraction of sp³-hybridized carbons (Fsp3) is 0.417. The summed E-state index contributed by atoms with van der Waals surface area (Å²) >= 11 is 0. The molecule has 0 saturated heterocycles. The molecule has 0 aromatic heterocycles. The van der Waals surface area contributed by atoms with Crippen LogP contribution in [0.15, 0.2) is 18.2 Å². The van der Waals surface area contributed by atoms with Gasteiger partial charge in [-0.3, -0.25) is 0 Å². The standard InChI is InChI=1S/C12H16FNO3/c1-7(14)10-5-4-9(6-11(10)13)17-8(2)12(15)16-3/h4-8H,14H2,1-3H3/t7-,8?/m0/s1. The molecule has 5 heteroatoms. The minimum Gasteiger partial charge on any atom is -0.479 e. The molecule has 0 aliphatic carbocycles. The number of rotatable bonds is 4. The van der Waals surface area contributed by atoms with E-state index in [0.29, 0.717) is 5.56 Å². The summed E-state index contributed by atoms with van der Waals surface area (Å²) in [6.07, 6.45) is -0.777. The Hall–Kier alpha value is -1.62. The first-order chi connectivity index (χ1) is 7.95. The van der Waals surface area contributed by atoms with Crippen molar-refractivity contribution in [1.29, 1.82) is 0 Å². The summed E-state index contributed by atoms with van der Waals surface area (Å²) in [5.41, 5.74) is 5.99. The normalized spacial score (nSPS) is 13.9. The monoisotopic (exact) mass is 241 g/mol. The average Bonchev–Trinajstić information content (AvgIpc) is 2.27. The van der Waals surface area contributed by atoms with Crippen LogP contribution >= 0.6 is 0 Å². The highest BCUT2D eigenvalue weighted by molar-refractivity contribution is 5.74. The molecule has 94 valence electrons. The number of carbonyl (C=O) groups excluding carboxylic acids is 1. The first kappa shape index (κ1) is 13.4. The first-order valence-corrected chi connectivity index (χ1v) is 5.25. The van der Waals surface area contributed by atoms with Crippen molar-refractivity contribution in [2.75, 3.05) is 7.11 Å². The molecule has 0 fully saturated rings. The molecule has 0 bridgehead atoms. The Bertz CT molecular complexity index is 407. The number of hydrogen-bond acceptors (Lipinski definition) is 4. The molecule has 0 spiro atoms. The summed E-state index contributed by atoms with van der Waals surface area (Å²) in [7, 11) is 1.27. The van der Waals surface area contributed by atoms with Crippen LogP contribution in [-0.4, -0.2) is 19.2 Å². The van der Waals surface area contributed by atoms with Crippen molar-refractivity contribution in [2.24, 2.45) is 5.73 Å². The van der Waals surface area contributed by atoms with E-state index in [-0.39, 0.29) is 11.8 Å². The zero-order valence-electron chi connectivity index (χ0n) is 10.1. The highest BCUT2D eigenvalue weighted by atomic mass is 19.1. The Morgan fingerprint density at radius 2 is 2.06 bits per heavy atom. The van der Waals surface area contributed by atoms with E-state index in [2.05, 4.69) is 4.74 Å². The molecule has 17 heavy (non-hydrogen) atoms. The van der Waals surface area contributed by atoms with E-state index in [1.54, 1.807) is 19.1 Å². The maximum Gasteiger partial charge on any atom is 0.346 e. The molecule has 0 aliphatic heterocycles. The average molecular weight is 241 g/mol. The molecular weight excluding hydrogens is 225 g/mol. The van der Waals surface area contributed by atoms with Gasteiger partial charge in [-0.25, -0.2) is 9.18 Å². The molecule has 1 aromatic rings. The third-order valence-electron chi connectivity index (χ3n) is 2.31. The van der Waals surface area contributed by atoms with Crippen LogP contribution in [0.5, 0.6) is 5.75 Å². The maximum absolute atomic E-state index is 13.6. The lowest BCUT2D eigenvalue weighted by Crippen LogP contribution is -2.25. The van der Waals surface area contributed by atoms with Crippen molar-refractivity contribution in [3.05, 3.63) is 29.6 Å². The highest BCUT2D eigenvalue weighted by Crippen LogP contribution is 2.21. The van der Waals surface area contributed by atoms with E-state index in [9.17, 15) is 9.18 Å². The van der Waals surface area contributed by atoms with Crippen LogP contribution in [0, 0.1) is 5.82 Å². The third-order valence-corrected chi connectivity index (χ3v) is 2.31. The second-order valence-corrected chi connectivity index (χ2v) is 3.76. The smallest absolute Gasteiger partial charge is 0.346 e. The van der Waals surface area contributed by atoms with Crippen molar-refractivity contribution in [3.63, 3.8) is 0 Å². The van der Waals surface area contributed by atoms with Crippen molar-refractivity contribution in [1.82, 2.24) is 0 Å². The highest BCUT2D eigenvalue weighted by Gasteiger charge is 2.16. The number of methoxy groups -OCH3 is 1. The zero-order chi connectivity index (χ0) is 13.0. The van der Waals surface area contributed by atoms with Crippen LogP contribution < -0.4 is 10.5 Å². The Morgan fingerprint density at radius 3 is 2.53 bits per heavy atom. The van der Waals surface area contributed by atoms with E-state index < -0.39 is 17.9 Å². The molecule has 1 unspecified atom stereocenters. The minimum absolute atomic E-state index is 0.268. The zero-order valence-corrected chi connectivity index (χ0v) is 10.1. The molecule has 0 radical (unpaired) electrons. The quantitative estimate of drug-likeness (QED) is 0.816. The molecule has 0 amide bonds. The van der Waals surface area contributed by atoms with Gasteiger partial charge in [0.05, 0.1) is 7.11 Å². The SMILES string of the molecule is COC(=O)C(C)Oc1ccc([C@H](C)N)c(F)c1. The van der Waals surface area contributed by atoms with Crippen molar-refractivity contribution >= 4 is 5.97 Å². The summed E-state index contributed by atoms with van der Waals surface area (Å²) in [6.45, 7) is 3.22. The lowest BCUT2D eigenvalue weighted by molar-refractivity contribution is -0.147. The Morgan fingerprint density at radius 1 is 1.41 bits per heavy atom. The molecule has 4 nitrogen and oxygen atoms in total. The largest absolute Gasteiger partial charge is 0.479 e. The summed E-state index contributed by atoms with van der Waals surface area (Å²) in [6, 6.07) is 3.93.